The van der Waals surface area contributed by atoms with Crippen molar-refractivity contribution in [2.75, 3.05) is 33.5 Å². The standard InChI is InChI=1S/C18H28N6O2/c1-22(2)18(23(3)4)21-17(19-14-8-6-5-7-9-14)20-15-10-12-16(13-11-15)24(25)26/h10-14H,5-9H2,1-4H3,(H,19,20)/p+1. The number of nitro groups is 1. The number of hydrogen-bond donors (Lipinski definition) is 2. The number of nitrogens with one attached hydrogen (secondary N) is 2. The smallest absolute Gasteiger partial charge is 0.313 e. The zero-order chi connectivity index (χ0) is 19.1. The number of hydrogen-bond acceptors (Lipinski definition) is 3. The summed E-state index contributed by atoms with van der Waals surface area (Å²) in [4.78, 5) is 17.3. The van der Waals surface area contributed by atoms with Gasteiger partial charge in [-0.15, -0.1) is 0 Å². The van der Waals surface area contributed by atoms with Crippen LogP contribution < -0.4 is 10.6 Å². The van der Waals surface area contributed by atoms with E-state index in [4.69, 9.17) is 4.99 Å². The lowest BCUT2D eigenvalue weighted by Gasteiger charge is -2.20. The highest BCUT2D eigenvalue weighted by atomic mass is 16.6. The molecule has 0 bridgehead atoms. The van der Waals surface area contributed by atoms with Crippen molar-refractivity contribution in [3.8, 4) is 0 Å². The largest absolute Gasteiger partial charge is 0.354 e. The topological polar surface area (TPSA) is 85.8 Å². The van der Waals surface area contributed by atoms with Crippen molar-refractivity contribution in [1.82, 2.24) is 10.2 Å². The third kappa shape index (κ3) is 5.72. The number of nitro benzene ring substituents is 1. The van der Waals surface area contributed by atoms with E-state index in [1.807, 2.05) is 37.7 Å². The van der Waals surface area contributed by atoms with Gasteiger partial charge in [-0.1, -0.05) is 19.3 Å². The maximum atomic E-state index is 10.8. The van der Waals surface area contributed by atoms with Gasteiger partial charge in [0.05, 0.1) is 39.2 Å². The van der Waals surface area contributed by atoms with E-state index in [1.54, 1.807) is 12.1 Å². The molecule has 2 rings (SSSR count). The molecule has 0 atom stereocenters. The summed E-state index contributed by atoms with van der Waals surface area (Å²) in [5.41, 5.74) is 0.831. The van der Waals surface area contributed by atoms with E-state index in [9.17, 15) is 10.1 Å². The van der Waals surface area contributed by atoms with Crippen molar-refractivity contribution in [3.63, 3.8) is 0 Å². The molecule has 1 aromatic carbocycles. The maximum absolute atomic E-state index is 10.8. The highest BCUT2D eigenvalue weighted by Gasteiger charge is 2.19. The lowest BCUT2D eigenvalue weighted by atomic mass is 9.96. The second-order valence-electron chi connectivity index (χ2n) is 6.94. The minimum atomic E-state index is -0.400. The number of benzene rings is 1. The highest BCUT2D eigenvalue weighted by molar-refractivity contribution is 6.03. The fourth-order valence-corrected chi connectivity index (χ4v) is 3.02. The Morgan fingerprint density at radius 3 is 2.27 bits per heavy atom. The van der Waals surface area contributed by atoms with Crippen LogP contribution in [-0.2, 0) is 0 Å². The number of anilines is 1. The molecule has 1 fully saturated rings. The molecule has 1 saturated carbocycles. The van der Waals surface area contributed by atoms with Crippen LogP contribution in [0.3, 0.4) is 0 Å². The number of rotatable bonds is 3. The first-order valence-corrected chi connectivity index (χ1v) is 8.94. The van der Waals surface area contributed by atoms with Crippen LogP contribution in [0.1, 0.15) is 32.1 Å². The van der Waals surface area contributed by atoms with Gasteiger partial charge in [-0.3, -0.25) is 19.6 Å². The van der Waals surface area contributed by atoms with Gasteiger partial charge in [-0.25, -0.2) is 10.3 Å². The molecular formula is C18H29N6O2+. The summed E-state index contributed by atoms with van der Waals surface area (Å²) in [5, 5.41) is 17.5. The minimum absolute atomic E-state index is 0.0723. The number of non-ortho nitro benzene ring substituents is 1. The Bertz CT molecular complexity index is 671. The molecule has 0 radical (unpaired) electrons. The summed E-state index contributed by atoms with van der Waals surface area (Å²) in [6.07, 6.45) is 5.87. The van der Waals surface area contributed by atoms with Gasteiger partial charge in [-0.2, -0.15) is 0 Å². The van der Waals surface area contributed by atoms with Gasteiger partial charge in [0.25, 0.3) is 11.6 Å². The van der Waals surface area contributed by atoms with Crippen molar-refractivity contribution in [1.29, 1.82) is 0 Å². The Morgan fingerprint density at radius 2 is 1.77 bits per heavy atom. The molecular weight excluding hydrogens is 332 g/mol. The van der Waals surface area contributed by atoms with E-state index in [0.717, 1.165) is 24.5 Å². The maximum Gasteiger partial charge on any atom is 0.354 e. The van der Waals surface area contributed by atoms with Gasteiger partial charge in [-0.05, 0) is 25.0 Å². The molecule has 8 nitrogen and oxygen atoms in total. The van der Waals surface area contributed by atoms with Crippen molar-refractivity contribution in [3.05, 3.63) is 34.4 Å². The van der Waals surface area contributed by atoms with E-state index >= 15 is 0 Å². The molecule has 0 spiro atoms. The summed E-state index contributed by atoms with van der Waals surface area (Å²) in [5.74, 6) is 1.55. The first kappa shape index (κ1) is 19.7. The van der Waals surface area contributed by atoms with Crippen molar-refractivity contribution < 1.29 is 9.50 Å². The van der Waals surface area contributed by atoms with Crippen LogP contribution >= 0.6 is 0 Å². The lowest BCUT2D eigenvalue weighted by molar-refractivity contribution is -0.471. The Kier molecular flexibility index (Phi) is 6.94. The van der Waals surface area contributed by atoms with E-state index in [2.05, 4.69) is 10.6 Å². The molecule has 0 heterocycles. The van der Waals surface area contributed by atoms with Gasteiger partial charge in [0.1, 0.15) is 0 Å². The molecule has 1 aromatic rings. The normalized spacial score (nSPS) is 15.3. The van der Waals surface area contributed by atoms with Crippen molar-refractivity contribution in [2.24, 2.45) is 4.99 Å². The Balaban J connectivity index is 2.23. The minimum Gasteiger partial charge on any atom is -0.313 e. The summed E-state index contributed by atoms with van der Waals surface area (Å²) >= 11 is 0. The van der Waals surface area contributed by atoms with E-state index in [0.29, 0.717) is 12.0 Å². The van der Waals surface area contributed by atoms with E-state index in [-0.39, 0.29) is 5.69 Å². The fourth-order valence-electron chi connectivity index (χ4n) is 3.02. The van der Waals surface area contributed by atoms with Crippen molar-refractivity contribution >= 4 is 23.3 Å². The molecule has 0 unspecified atom stereocenters. The Morgan fingerprint density at radius 1 is 1.15 bits per heavy atom. The van der Waals surface area contributed by atoms with Crippen LogP contribution in [0.5, 0.6) is 0 Å². The molecule has 26 heavy (non-hydrogen) atoms. The predicted octanol–water partition coefficient (Wildman–Crippen LogP) is 2.47. The number of aliphatic imine (C=N–C) groups is 1. The molecule has 0 saturated heterocycles. The quantitative estimate of drug-likeness (QED) is 0.284. The summed E-state index contributed by atoms with van der Waals surface area (Å²) < 4.78 is 1.98. The molecule has 2 N–H and O–H groups in total. The van der Waals surface area contributed by atoms with Crippen LogP contribution in [-0.4, -0.2) is 60.6 Å². The first-order chi connectivity index (χ1) is 12.4. The van der Waals surface area contributed by atoms with Gasteiger partial charge < -0.3 is 5.32 Å². The lowest BCUT2D eigenvalue weighted by Crippen LogP contribution is -2.47. The SMILES string of the molecule is CN(C)C(NC(=NC1CCCCC1)Nc1ccc([N+](=O)[O-])cc1)=[N+](C)C. The van der Waals surface area contributed by atoms with Gasteiger partial charge in [0.15, 0.2) is 0 Å². The van der Waals surface area contributed by atoms with Gasteiger partial charge in [0, 0.05) is 17.8 Å². The predicted molar refractivity (Wildman–Crippen MR) is 105 cm³/mol. The molecule has 1 aliphatic carbocycles. The van der Waals surface area contributed by atoms with Gasteiger partial charge >= 0.3 is 5.96 Å². The zero-order valence-corrected chi connectivity index (χ0v) is 16.0. The zero-order valence-electron chi connectivity index (χ0n) is 16.0. The molecule has 8 heteroatoms. The van der Waals surface area contributed by atoms with Gasteiger partial charge in [0.2, 0.25) is 0 Å². The average Bonchev–Trinajstić information content (AvgIpc) is 2.60. The number of guanidine groups is 2. The van der Waals surface area contributed by atoms with Crippen molar-refractivity contribution in [2.45, 2.75) is 38.1 Å². The second kappa shape index (κ2) is 9.17. The average molecular weight is 361 g/mol. The van der Waals surface area contributed by atoms with Crippen LogP contribution in [0.4, 0.5) is 11.4 Å². The van der Waals surface area contributed by atoms with E-state index in [1.165, 1.54) is 31.4 Å². The summed E-state index contributed by atoms with van der Waals surface area (Å²) in [7, 11) is 7.86. The highest BCUT2D eigenvalue weighted by Crippen LogP contribution is 2.21. The molecule has 1 aliphatic rings. The molecule has 0 aromatic heterocycles. The molecule has 0 amide bonds. The Labute approximate surface area is 154 Å². The fraction of sp³-hybridized carbons (Fsp3) is 0.556. The monoisotopic (exact) mass is 361 g/mol. The van der Waals surface area contributed by atoms with Crippen LogP contribution in [0, 0.1) is 10.1 Å². The summed E-state index contributed by atoms with van der Waals surface area (Å²) in [6, 6.07) is 6.66. The first-order valence-electron chi connectivity index (χ1n) is 8.94. The van der Waals surface area contributed by atoms with Crippen LogP contribution in [0.2, 0.25) is 0 Å². The van der Waals surface area contributed by atoms with Crippen LogP contribution in [0.15, 0.2) is 29.3 Å². The Hall–Kier alpha value is -2.64. The third-order valence-corrected chi connectivity index (χ3v) is 4.30. The van der Waals surface area contributed by atoms with Crippen LogP contribution in [0.25, 0.3) is 0 Å². The summed E-state index contributed by atoms with van der Waals surface area (Å²) in [6.45, 7) is 0. The number of nitrogens with zero attached hydrogens (tertiary/aromatic N) is 4. The van der Waals surface area contributed by atoms with E-state index < -0.39 is 4.92 Å². The molecule has 142 valence electrons. The third-order valence-electron chi connectivity index (χ3n) is 4.30. The molecule has 0 aliphatic heterocycles. The second-order valence-corrected chi connectivity index (χ2v) is 6.94.